The van der Waals surface area contributed by atoms with E-state index in [2.05, 4.69) is 19.2 Å². The maximum atomic E-state index is 12.0. The zero-order valence-electron chi connectivity index (χ0n) is 12.7. The van der Waals surface area contributed by atoms with Crippen LogP contribution in [0.1, 0.15) is 58.8 Å². The molecule has 1 aliphatic heterocycles. The van der Waals surface area contributed by atoms with Crippen LogP contribution in [0.2, 0.25) is 0 Å². The summed E-state index contributed by atoms with van der Waals surface area (Å²) in [6.07, 6.45) is 9.10. The summed E-state index contributed by atoms with van der Waals surface area (Å²) < 4.78 is 0. The van der Waals surface area contributed by atoms with E-state index in [0.29, 0.717) is 17.9 Å². The Kier molecular flexibility index (Phi) is 5.26. The SMILES string of the molecule is CC(C)CC1(CNCC(=O)N2CCCC2)CCCC1. The summed E-state index contributed by atoms with van der Waals surface area (Å²) in [6, 6.07) is 0. The third-order valence-electron chi connectivity index (χ3n) is 4.74. The van der Waals surface area contributed by atoms with Gasteiger partial charge in [-0.15, -0.1) is 0 Å². The minimum Gasteiger partial charge on any atom is -0.342 e. The molecule has 2 aliphatic rings. The van der Waals surface area contributed by atoms with Crippen LogP contribution in [0.15, 0.2) is 0 Å². The molecule has 3 heteroatoms. The Morgan fingerprint density at radius 2 is 1.79 bits per heavy atom. The minimum atomic E-state index is 0.301. The maximum Gasteiger partial charge on any atom is 0.236 e. The molecule has 0 radical (unpaired) electrons. The fourth-order valence-electron chi connectivity index (χ4n) is 3.96. The zero-order chi connectivity index (χ0) is 13.7. The van der Waals surface area contributed by atoms with E-state index in [9.17, 15) is 4.79 Å². The first-order valence-corrected chi connectivity index (χ1v) is 8.10. The third kappa shape index (κ3) is 4.20. The average Bonchev–Trinajstić information content (AvgIpc) is 2.99. The normalized spacial score (nSPS) is 22.4. The molecule has 110 valence electrons. The lowest BCUT2D eigenvalue weighted by molar-refractivity contribution is -0.129. The largest absolute Gasteiger partial charge is 0.342 e. The second-order valence-corrected chi connectivity index (χ2v) is 7.00. The predicted molar refractivity (Wildman–Crippen MR) is 79.0 cm³/mol. The fraction of sp³-hybridized carbons (Fsp3) is 0.938. The second kappa shape index (κ2) is 6.74. The number of carbonyl (C=O) groups excluding carboxylic acids is 1. The molecule has 0 bridgehead atoms. The summed E-state index contributed by atoms with van der Waals surface area (Å²) in [7, 11) is 0. The van der Waals surface area contributed by atoms with Crippen LogP contribution in [-0.4, -0.2) is 37.0 Å². The lowest BCUT2D eigenvalue weighted by Gasteiger charge is -2.31. The second-order valence-electron chi connectivity index (χ2n) is 7.00. The number of likely N-dealkylation sites (tertiary alicyclic amines) is 1. The van der Waals surface area contributed by atoms with Crippen LogP contribution in [-0.2, 0) is 4.79 Å². The molecule has 2 fully saturated rings. The summed E-state index contributed by atoms with van der Waals surface area (Å²) in [5, 5.41) is 3.46. The topological polar surface area (TPSA) is 32.3 Å². The summed E-state index contributed by atoms with van der Waals surface area (Å²) in [6.45, 7) is 8.14. The van der Waals surface area contributed by atoms with Crippen LogP contribution in [0, 0.1) is 11.3 Å². The zero-order valence-corrected chi connectivity index (χ0v) is 12.7. The monoisotopic (exact) mass is 266 g/mol. The average molecular weight is 266 g/mol. The van der Waals surface area contributed by atoms with Gasteiger partial charge in [0.2, 0.25) is 5.91 Å². The molecule has 1 saturated heterocycles. The molecule has 3 nitrogen and oxygen atoms in total. The highest BCUT2D eigenvalue weighted by Gasteiger charge is 2.34. The van der Waals surface area contributed by atoms with Crippen LogP contribution < -0.4 is 5.32 Å². The molecule has 1 saturated carbocycles. The molecule has 1 aliphatic carbocycles. The molecule has 2 rings (SSSR count). The number of nitrogens with one attached hydrogen (secondary N) is 1. The molecule has 0 aromatic heterocycles. The number of hydrogen-bond donors (Lipinski definition) is 1. The molecule has 0 spiro atoms. The van der Waals surface area contributed by atoms with Crippen LogP contribution in [0.5, 0.6) is 0 Å². The van der Waals surface area contributed by atoms with E-state index in [-0.39, 0.29) is 0 Å². The number of carbonyl (C=O) groups is 1. The van der Waals surface area contributed by atoms with E-state index in [0.717, 1.165) is 25.6 Å². The molecule has 1 N–H and O–H groups in total. The molecule has 0 aromatic carbocycles. The molecule has 1 heterocycles. The summed E-state index contributed by atoms with van der Waals surface area (Å²) in [5.74, 6) is 1.06. The Morgan fingerprint density at radius 1 is 1.16 bits per heavy atom. The number of amides is 1. The van der Waals surface area contributed by atoms with Gasteiger partial charge >= 0.3 is 0 Å². The van der Waals surface area contributed by atoms with Crippen molar-refractivity contribution in [2.75, 3.05) is 26.2 Å². The van der Waals surface area contributed by atoms with Crippen molar-refractivity contribution in [3.05, 3.63) is 0 Å². The molecule has 19 heavy (non-hydrogen) atoms. The van der Waals surface area contributed by atoms with Crippen molar-refractivity contribution in [2.45, 2.75) is 58.8 Å². The van der Waals surface area contributed by atoms with Crippen molar-refractivity contribution in [3.63, 3.8) is 0 Å². The van der Waals surface area contributed by atoms with Crippen LogP contribution in [0.3, 0.4) is 0 Å². The van der Waals surface area contributed by atoms with Crippen LogP contribution in [0.25, 0.3) is 0 Å². The quantitative estimate of drug-likeness (QED) is 0.802. The van der Waals surface area contributed by atoms with Gasteiger partial charge in [-0.2, -0.15) is 0 Å². The van der Waals surface area contributed by atoms with Gasteiger partial charge in [-0.3, -0.25) is 4.79 Å². The predicted octanol–water partition coefficient (Wildman–Crippen LogP) is 2.80. The van der Waals surface area contributed by atoms with Gasteiger partial charge in [0.25, 0.3) is 0 Å². The number of nitrogens with zero attached hydrogens (tertiary/aromatic N) is 1. The van der Waals surface area contributed by atoms with Gasteiger partial charge in [-0.05, 0) is 43.4 Å². The first-order chi connectivity index (χ1) is 9.11. The van der Waals surface area contributed by atoms with Gasteiger partial charge in [0, 0.05) is 19.6 Å². The van der Waals surface area contributed by atoms with Crippen LogP contribution in [0.4, 0.5) is 0 Å². The van der Waals surface area contributed by atoms with Gasteiger partial charge in [0.05, 0.1) is 6.54 Å². The molecular formula is C16H30N2O. The van der Waals surface area contributed by atoms with E-state index in [1.54, 1.807) is 0 Å². The Hall–Kier alpha value is -0.570. The van der Waals surface area contributed by atoms with Crippen molar-refractivity contribution < 1.29 is 4.79 Å². The van der Waals surface area contributed by atoms with Gasteiger partial charge in [0.1, 0.15) is 0 Å². The summed E-state index contributed by atoms with van der Waals surface area (Å²) >= 11 is 0. The third-order valence-corrected chi connectivity index (χ3v) is 4.74. The van der Waals surface area contributed by atoms with Gasteiger partial charge in [0.15, 0.2) is 0 Å². The van der Waals surface area contributed by atoms with Crippen molar-refractivity contribution in [1.29, 1.82) is 0 Å². The summed E-state index contributed by atoms with van der Waals surface area (Å²) in [4.78, 5) is 14.0. The van der Waals surface area contributed by atoms with E-state index in [1.807, 2.05) is 4.90 Å². The lowest BCUT2D eigenvalue weighted by atomic mass is 9.78. The molecule has 0 aromatic rings. The number of rotatable bonds is 6. The smallest absolute Gasteiger partial charge is 0.236 e. The minimum absolute atomic E-state index is 0.301. The van der Waals surface area contributed by atoms with E-state index in [1.165, 1.54) is 44.9 Å². The number of hydrogen-bond acceptors (Lipinski definition) is 2. The van der Waals surface area contributed by atoms with E-state index >= 15 is 0 Å². The lowest BCUT2D eigenvalue weighted by Crippen LogP contribution is -2.40. The van der Waals surface area contributed by atoms with Gasteiger partial charge in [-0.1, -0.05) is 26.7 Å². The Bertz CT molecular complexity index is 289. The Labute approximate surface area is 118 Å². The fourth-order valence-corrected chi connectivity index (χ4v) is 3.96. The molecule has 0 unspecified atom stereocenters. The summed E-state index contributed by atoms with van der Waals surface area (Å²) in [5.41, 5.74) is 0.472. The molecule has 0 atom stereocenters. The van der Waals surface area contributed by atoms with Crippen molar-refractivity contribution in [2.24, 2.45) is 11.3 Å². The first-order valence-electron chi connectivity index (χ1n) is 8.10. The van der Waals surface area contributed by atoms with Crippen molar-refractivity contribution in [3.8, 4) is 0 Å². The van der Waals surface area contributed by atoms with Gasteiger partial charge < -0.3 is 10.2 Å². The maximum absolute atomic E-state index is 12.0. The molecule has 1 amide bonds. The van der Waals surface area contributed by atoms with E-state index < -0.39 is 0 Å². The molecular weight excluding hydrogens is 236 g/mol. The first kappa shape index (κ1) is 14.8. The van der Waals surface area contributed by atoms with Gasteiger partial charge in [-0.25, -0.2) is 0 Å². The Balaban J connectivity index is 1.74. The highest BCUT2D eigenvalue weighted by molar-refractivity contribution is 5.78. The van der Waals surface area contributed by atoms with E-state index in [4.69, 9.17) is 0 Å². The Morgan fingerprint density at radius 3 is 2.37 bits per heavy atom. The highest BCUT2D eigenvalue weighted by atomic mass is 16.2. The highest BCUT2D eigenvalue weighted by Crippen LogP contribution is 2.42. The standard InChI is InChI=1S/C16H30N2O/c1-14(2)11-16(7-3-4-8-16)13-17-12-15(19)18-9-5-6-10-18/h14,17H,3-13H2,1-2H3. The van der Waals surface area contributed by atoms with Crippen molar-refractivity contribution >= 4 is 5.91 Å². The van der Waals surface area contributed by atoms with Crippen LogP contribution >= 0.6 is 0 Å². The van der Waals surface area contributed by atoms with Crippen molar-refractivity contribution in [1.82, 2.24) is 10.2 Å².